The molecule has 158 valence electrons. The summed E-state index contributed by atoms with van der Waals surface area (Å²) in [5.74, 6) is 0.497. The second-order valence-corrected chi connectivity index (χ2v) is 8.70. The van der Waals surface area contributed by atoms with Crippen LogP contribution in [0.15, 0.2) is 76.9 Å². The standard InChI is InChI=1S/C24H15Cl2N3O2S/c25-18-6-8-21(26)16(10-18)12-20-14-28-24(32-20)29-23(30)17(13-27)11-19-7-9-22(31-19)15-4-2-1-3-5-15/h1-11,14H,12H2,(H,28,29,30)/b17-11+. The summed E-state index contributed by atoms with van der Waals surface area (Å²) >= 11 is 13.6. The zero-order chi connectivity index (χ0) is 22.5. The number of carbonyl (C=O) groups is 1. The molecule has 0 saturated heterocycles. The first-order valence-corrected chi connectivity index (χ1v) is 11.1. The Hall–Kier alpha value is -3.37. The smallest absolute Gasteiger partial charge is 0.268 e. The Morgan fingerprint density at radius 1 is 1.16 bits per heavy atom. The molecule has 2 heterocycles. The maximum absolute atomic E-state index is 12.6. The molecule has 0 aliphatic heterocycles. The van der Waals surface area contributed by atoms with Gasteiger partial charge in [-0.25, -0.2) is 4.98 Å². The van der Waals surface area contributed by atoms with Gasteiger partial charge in [0.25, 0.3) is 5.91 Å². The fraction of sp³-hybridized carbons (Fsp3) is 0.0417. The molecule has 0 fully saturated rings. The lowest BCUT2D eigenvalue weighted by Gasteiger charge is -2.02. The van der Waals surface area contributed by atoms with E-state index < -0.39 is 5.91 Å². The van der Waals surface area contributed by atoms with E-state index in [1.54, 1.807) is 36.5 Å². The second kappa shape index (κ2) is 9.84. The summed E-state index contributed by atoms with van der Waals surface area (Å²) in [6, 6.07) is 20.2. The van der Waals surface area contributed by atoms with Gasteiger partial charge in [0.1, 0.15) is 23.2 Å². The predicted octanol–water partition coefficient (Wildman–Crippen LogP) is 6.85. The molecule has 4 aromatic rings. The number of amides is 1. The van der Waals surface area contributed by atoms with E-state index in [0.29, 0.717) is 33.1 Å². The summed E-state index contributed by atoms with van der Waals surface area (Å²) in [5, 5.41) is 13.7. The van der Waals surface area contributed by atoms with Crippen molar-refractivity contribution >= 4 is 51.7 Å². The molecule has 0 saturated carbocycles. The van der Waals surface area contributed by atoms with Crippen LogP contribution in [0.3, 0.4) is 0 Å². The fourth-order valence-electron chi connectivity index (χ4n) is 2.96. The van der Waals surface area contributed by atoms with Gasteiger partial charge in [-0.15, -0.1) is 11.3 Å². The Labute approximate surface area is 198 Å². The van der Waals surface area contributed by atoms with Crippen LogP contribution >= 0.6 is 34.5 Å². The third-order valence-corrected chi connectivity index (χ3v) is 6.00. The van der Waals surface area contributed by atoms with E-state index in [1.165, 1.54) is 17.4 Å². The number of hydrogen-bond acceptors (Lipinski definition) is 5. The van der Waals surface area contributed by atoms with Gasteiger partial charge in [-0.05, 0) is 35.9 Å². The molecule has 5 nitrogen and oxygen atoms in total. The molecule has 1 amide bonds. The first-order valence-electron chi connectivity index (χ1n) is 9.49. The summed E-state index contributed by atoms with van der Waals surface area (Å²) in [6.07, 6.45) is 3.59. The number of aromatic nitrogens is 1. The number of nitriles is 1. The molecule has 0 unspecified atom stereocenters. The van der Waals surface area contributed by atoms with Gasteiger partial charge >= 0.3 is 0 Å². The van der Waals surface area contributed by atoms with Gasteiger partial charge in [-0.3, -0.25) is 10.1 Å². The molecule has 0 aliphatic carbocycles. The van der Waals surface area contributed by atoms with Crippen molar-refractivity contribution in [1.29, 1.82) is 5.26 Å². The third-order valence-electron chi connectivity index (χ3n) is 4.48. The normalized spacial score (nSPS) is 11.2. The number of hydrogen-bond donors (Lipinski definition) is 1. The Morgan fingerprint density at radius 2 is 1.97 bits per heavy atom. The van der Waals surface area contributed by atoms with Crippen LogP contribution in [0.2, 0.25) is 10.0 Å². The minimum Gasteiger partial charge on any atom is -0.457 e. The van der Waals surface area contributed by atoms with Crippen molar-refractivity contribution in [3.8, 4) is 17.4 Å². The van der Waals surface area contributed by atoms with Gasteiger partial charge in [-0.1, -0.05) is 53.5 Å². The maximum Gasteiger partial charge on any atom is 0.268 e. The number of halogens is 2. The summed E-state index contributed by atoms with van der Waals surface area (Å²) in [7, 11) is 0. The molecule has 2 aromatic carbocycles. The number of anilines is 1. The SMILES string of the molecule is N#C/C(=C\c1ccc(-c2ccccc2)o1)C(=O)Nc1ncc(Cc2cc(Cl)ccc2Cl)s1. The first-order chi connectivity index (χ1) is 15.5. The monoisotopic (exact) mass is 479 g/mol. The van der Waals surface area contributed by atoms with Crippen molar-refractivity contribution in [3.05, 3.63) is 98.7 Å². The van der Waals surface area contributed by atoms with Gasteiger partial charge in [0, 0.05) is 39.2 Å². The van der Waals surface area contributed by atoms with Crippen molar-refractivity contribution in [1.82, 2.24) is 4.98 Å². The maximum atomic E-state index is 12.6. The van der Waals surface area contributed by atoms with Gasteiger partial charge < -0.3 is 4.42 Å². The van der Waals surface area contributed by atoms with E-state index in [4.69, 9.17) is 27.6 Å². The molecular weight excluding hydrogens is 465 g/mol. The number of carbonyl (C=O) groups excluding carboxylic acids is 1. The van der Waals surface area contributed by atoms with Gasteiger partial charge in [0.05, 0.1) is 0 Å². The van der Waals surface area contributed by atoms with E-state index in [-0.39, 0.29) is 5.57 Å². The van der Waals surface area contributed by atoms with Crippen LogP contribution in [0.25, 0.3) is 17.4 Å². The number of thiazole rings is 1. The molecular formula is C24H15Cl2N3O2S. The van der Waals surface area contributed by atoms with Crippen LogP contribution in [0.5, 0.6) is 0 Å². The van der Waals surface area contributed by atoms with E-state index in [1.807, 2.05) is 36.4 Å². The quantitative estimate of drug-likeness (QED) is 0.242. The largest absolute Gasteiger partial charge is 0.457 e. The minimum absolute atomic E-state index is 0.0893. The lowest BCUT2D eigenvalue weighted by Crippen LogP contribution is -2.13. The zero-order valence-electron chi connectivity index (χ0n) is 16.5. The first kappa shape index (κ1) is 21.8. The number of nitrogens with one attached hydrogen (secondary N) is 1. The molecule has 0 spiro atoms. The van der Waals surface area contributed by atoms with E-state index in [2.05, 4.69) is 10.3 Å². The molecule has 0 atom stereocenters. The highest BCUT2D eigenvalue weighted by Crippen LogP contribution is 2.27. The highest BCUT2D eigenvalue weighted by molar-refractivity contribution is 7.15. The predicted molar refractivity (Wildman–Crippen MR) is 128 cm³/mol. The van der Waals surface area contributed by atoms with Crippen LogP contribution in [0, 0.1) is 11.3 Å². The van der Waals surface area contributed by atoms with Crippen LogP contribution < -0.4 is 5.32 Å². The summed E-state index contributed by atoms with van der Waals surface area (Å²) in [5.41, 5.74) is 1.68. The van der Waals surface area contributed by atoms with Crippen LogP contribution in [-0.4, -0.2) is 10.9 Å². The third kappa shape index (κ3) is 5.27. The lowest BCUT2D eigenvalue weighted by molar-refractivity contribution is -0.112. The van der Waals surface area contributed by atoms with Crippen molar-refractivity contribution in [2.75, 3.05) is 5.32 Å². The Kier molecular flexibility index (Phi) is 6.72. The molecule has 0 aliphatic rings. The van der Waals surface area contributed by atoms with E-state index in [9.17, 15) is 10.1 Å². The minimum atomic E-state index is -0.563. The molecule has 0 bridgehead atoms. The fourth-order valence-corrected chi connectivity index (χ4v) is 4.17. The number of nitrogens with zero attached hydrogens (tertiary/aromatic N) is 2. The Bertz CT molecular complexity index is 1340. The van der Waals surface area contributed by atoms with Gasteiger partial charge in [0.15, 0.2) is 5.13 Å². The summed E-state index contributed by atoms with van der Waals surface area (Å²) in [4.78, 5) is 17.7. The topological polar surface area (TPSA) is 78.9 Å². The number of benzene rings is 2. The average Bonchev–Trinajstić information content (AvgIpc) is 3.44. The van der Waals surface area contributed by atoms with Crippen molar-refractivity contribution in [2.24, 2.45) is 0 Å². The lowest BCUT2D eigenvalue weighted by atomic mass is 10.1. The summed E-state index contributed by atoms with van der Waals surface area (Å²) in [6.45, 7) is 0. The zero-order valence-corrected chi connectivity index (χ0v) is 18.8. The van der Waals surface area contributed by atoms with Gasteiger partial charge in [-0.2, -0.15) is 5.26 Å². The van der Waals surface area contributed by atoms with Crippen molar-refractivity contribution < 1.29 is 9.21 Å². The highest BCUT2D eigenvalue weighted by Gasteiger charge is 2.14. The molecule has 4 rings (SSSR count). The average molecular weight is 480 g/mol. The second-order valence-electron chi connectivity index (χ2n) is 6.74. The van der Waals surface area contributed by atoms with Crippen LogP contribution in [0.1, 0.15) is 16.2 Å². The van der Waals surface area contributed by atoms with Crippen molar-refractivity contribution in [3.63, 3.8) is 0 Å². The van der Waals surface area contributed by atoms with Crippen LogP contribution in [0.4, 0.5) is 5.13 Å². The highest BCUT2D eigenvalue weighted by atomic mass is 35.5. The van der Waals surface area contributed by atoms with Gasteiger partial charge in [0.2, 0.25) is 0 Å². The number of rotatable bonds is 6. The van der Waals surface area contributed by atoms with Crippen LogP contribution in [-0.2, 0) is 11.2 Å². The molecule has 0 radical (unpaired) electrons. The molecule has 32 heavy (non-hydrogen) atoms. The number of furan rings is 1. The van der Waals surface area contributed by atoms with E-state index in [0.717, 1.165) is 16.0 Å². The Balaban J connectivity index is 1.45. The molecule has 2 aromatic heterocycles. The molecule has 1 N–H and O–H groups in total. The summed E-state index contributed by atoms with van der Waals surface area (Å²) < 4.78 is 5.75. The Morgan fingerprint density at radius 3 is 2.75 bits per heavy atom. The van der Waals surface area contributed by atoms with Crippen molar-refractivity contribution in [2.45, 2.75) is 6.42 Å². The van der Waals surface area contributed by atoms with E-state index >= 15 is 0 Å². The molecule has 8 heteroatoms.